The maximum atomic E-state index is 13.7. The minimum Gasteiger partial charge on any atom is -0.496 e. The first-order valence-corrected chi connectivity index (χ1v) is 13.3. The molecule has 10 heteroatoms. The molecular formula is C26H25BrN4O4S. The molecule has 0 saturated heterocycles. The lowest BCUT2D eigenvalue weighted by Crippen LogP contribution is -2.40. The highest BCUT2D eigenvalue weighted by molar-refractivity contribution is 9.10. The molecule has 0 unspecified atom stereocenters. The Labute approximate surface area is 218 Å². The van der Waals surface area contributed by atoms with Crippen molar-refractivity contribution in [2.75, 3.05) is 18.0 Å². The summed E-state index contributed by atoms with van der Waals surface area (Å²) >= 11 is 3.35. The van der Waals surface area contributed by atoms with E-state index in [2.05, 4.69) is 26.2 Å². The summed E-state index contributed by atoms with van der Waals surface area (Å²) in [5.41, 5.74) is 3.11. The van der Waals surface area contributed by atoms with E-state index in [0.717, 1.165) is 21.1 Å². The van der Waals surface area contributed by atoms with Gasteiger partial charge in [-0.15, -0.1) is 0 Å². The maximum Gasteiger partial charge on any atom is 0.264 e. The number of sulfonamides is 1. The van der Waals surface area contributed by atoms with E-state index in [9.17, 15) is 13.2 Å². The lowest BCUT2D eigenvalue weighted by atomic mass is 10.1. The number of aromatic nitrogens is 2. The Bertz CT molecular complexity index is 1460. The molecule has 8 nitrogen and oxygen atoms in total. The summed E-state index contributed by atoms with van der Waals surface area (Å²) in [7, 11) is -2.56. The average Bonchev–Trinajstić information content (AvgIpc) is 3.41. The van der Waals surface area contributed by atoms with E-state index in [1.54, 1.807) is 42.9 Å². The summed E-state index contributed by atoms with van der Waals surface area (Å²) in [6.07, 6.45) is 5.18. The molecule has 0 aliphatic rings. The highest BCUT2D eigenvalue weighted by Crippen LogP contribution is 2.30. The zero-order chi connectivity index (χ0) is 25.7. The summed E-state index contributed by atoms with van der Waals surface area (Å²) in [6.45, 7) is 1.75. The molecule has 0 bridgehead atoms. The summed E-state index contributed by atoms with van der Waals surface area (Å²) < 4.78 is 36.0. The number of carbonyl (C=O) groups is 1. The number of ether oxygens (including phenoxy) is 1. The van der Waals surface area contributed by atoms with Crippen molar-refractivity contribution < 1.29 is 17.9 Å². The van der Waals surface area contributed by atoms with Crippen LogP contribution >= 0.6 is 15.9 Å². The molecule has 0 fully saturated rings. The Morgan fingerprint density at radius 2 is 1.86 bits per heavy atom. The van der Waals surface area contributed by atoms with Crippen LogP contribution in [-0.4, -0.2) is 37.5 Å². The fraction of sp³-hybridized carbons (Fsp3) is 0.154. The molecular weight excluding hydrogens is 544 g/mol. The van der Waals surface area contributed by atoms with Crippen LogP contribution in [0.25, 0.3) is 5.69 Å². The summed E-state index contributed by atoms with van der Waals surface area (Å²) in [4.78, 5) is 17.2. The fourth-order valence-electron chi connectivity index (χ4n) is 3.65. The first-order valence-electron chi connectivity index (χ1n) is 11.1. The highest BCUT2D eigenvalue weighted by atomic mass is 79.9. The van der Waals surface area contributed by atoms with Crippen LogP contribution in [0.5, 0.6) is 5.75 Å². The lowest BCUT2D eigenvalue weighted by molar-refractivity contribution is -0.119. The van der Waals surface area contributed by atoms with Gasteiger partial charge in [0.1, 0.15) is 12.3 Å². The maximum absolute atomic E-state index is 13.7. The second-order valence-corrected chi connectivity index (χ2v) is 10.7. The first-order chi connectivity index (χ1) is 17.3. The van der Waals surface area contributed by atoms with Gasteiger partial charge in [-0.2, -0.15) is 0 Å². The minimum atomic E-state index is -4.06. The van der Waals surface area contributed by atoms with Crippen LogP contribution in [-0.2, 0) is 21.4 Å². The topological polar surface area (TPSA) is 93.5 Å². The average molecular weight is 569 g/mol. The molecule has 1 heterocycles. The van der Waals surface area contributed by atoms with E-state index in [0.29, 0.717) is 15.9 Å². The third-order valence-corrected chi connectivity index (χ3v) is 7.96. The van der Waals surface area contributed by atoms with Crippen molar-refractivity contribution in [2.24, 2.45) is 0 Å². The Balaban J connectivity index is 1.59. The quantitative estimate of drug-likeness (QED) is 0.321. The van der Waals surface area contributed by atoms with Gasteiger partial charge in [0.25, 0.3) is 10.0 Å². The number of hydrogen-bond acceptors (Lipinski definition) is 5. The fourth-order valence-corrected chi connectivity index (χ4v) is 5.79. The minimum absolute atomic E-state index is 0.0361. The molecule has 0 aliphatic heterocycles. The van der Waals surface area contributed by atoms with Crippen molar-refractivity contribution >= 4 is 37.5 Å². The number of rotatable bonds is 9. The summed E-state index contributed by atoms with van der Waals surface area (Å²) in [6, 6.07) is 19.1. The standard InChI is InChI=1S/C26H25BrN4O4S/c1-19-7-9-21(10-8-19)31(36(33,34)22-11-12-25(35-2)23(27)15-22)17-26(32)29-16-20-5-3-4-6-24(20)30-14-13-28-18-30/h3-15,18H,16-17H2,1-2H3,(H,29,32). The number of para-hydroxylation sites is 1. The number of benzene rings is 3. The number of aryl methyl sites for hydroxylation is 1. The molecule has 3 aromatic carbocycles. The number of nitrogens with one attached hydrogen (secondary N) is 1. The highest BCUT2D eigenvalue weighted by Gasteiger charge is 2.28. The number of halogens is 1. The lowest BCUT2D eigenvalue weighted by Gasteiger charge is -2.24. The Kier molecular flexibility index (Phi) is 7.76. The van der Waals surface area contributed by atoms with Crippen molar-refractivity contribution in [1.29, 1.82) is 0 Å². The second-order valence-electron chi connectivity index (χ2n) is 8.02. The van der Waals surface area contributed by atoms with E-state index < -0.39 is 15.9 Å². The predicted molar refractivity (Wildman–Crippen MR) is 142 cm³/mol. The van der Waals surface area contributed by atoms with Crippen LogP contribution in [0.1, 0.15) is 11.1 Å². The van der Waals surface area contributed by atoms with Gasteiger partial charge in [-0.1, -0.05) is 35.9 Å². The van der Waals surface area contributed by atoms with Crippen LogP contribution < -0.4 is 14.4 Å². The van der Waals surface area contributed by atoms with Gasteiger partial charge >= 0.3 is 0 Å². The van der Waals surface area contributed by atoms with Crippen LogP contribution in [0, 0.1) is 6.92 Å². The Morgan fingerprint density at radius 3 is 2.53 bits per heavy atom. The zero-order valence-corrected chi connectivity index (χ0v) is 22.2. The number of hydrogen-bond donors (Lipinski definition) is 1. The van der Waals surface area contributed by atoms with Gasteiger partial charge in [0.15, 0.2) is 0 Å². The third-order valence-electron chi connectivity index (χ3n) is 5.57. The molecule has 36 heavy (non-hydrogen) atoms. The number of methoxy groups -OCH3 is 1. The van der Waals surface area contributed by atoms with Gasteiger partial charge in [0.05, 0.1) is 34.2 Å². The molecule has 0 saturated carbocycles. The molecule has 0 aliphatic carbocycles. The molecule has 0 radical (unpaired) electrons. The van der Waals surface area contributed by atoms with E-state index in [-0.39, 0.29) is 18.0 Å². The zero-order valence-electron chi connectivity index (χ0n) is 19.8. The number of amides is 1. The summed E-state index contributed by atoms with van der Waals surface area (Å²) in [5, 5.41) is 2.86. The first kappa shape index (κ1) is 25.5. The van der Waals surface area contributed by atoms with Crippen molar-refractivity contribution in [3.8, 4) is 11.4 Å². The van der Waals surface area contributed by atoms with Crippen molar-refractivity contribution in [3.05, 3.63) is 101 Å². The molecule has 1 aromatic heterocycles. The van der Waals surface area contributed by atoms with Gasteiger partial charge in [-0.3, -0.25) is 9.10 Å². The Hall–Kier alpha value is -3.63. The normalized spacial score (nSPS) is 11.2. The second kappa shape index (κ2) is 11.0. The van der Waals surface area contributed by atoms with E-state index in [1.807, 2.05) is 42.0 Å². The van der Waals surface area contributed by atoms with Crippen molar-refractivity contribution in [1.82, 2.24) is 14.9 Å². The predicted octanol–water partition coefficient (Wildman–Crippen LogP) is 4.46. The summed E-state index contributed by atoms with van der Waals surface area (Å²) in [5.74, 6) is 0.0669. The molecule has 1 N–H and O–H groups in total. The van der Waals surface area contributed by atoms with E-state index in [4.69, 9.17) is 4.74 Å². The van der Waals surface area contributed by atoms with Gasteiger partial charge in [0, 0.05) is 18.9 Å². The van der Waals surface area contributed by atoms with Gasteiger partial charge < -0.3 is 14.6 Å². The monoisotopic (exact) mass is 568 g/mol. The third kappa shape index (κ3) is 5.60. The van der Waals surface area contributed by atoms with Crippen molar-refractivity contribution in [2.45, 2.75) is 18.4 Å². The van der Waals surface area contributed by atoms with E-state index in [1.165, 1.54) is 19.2 Å². The van der Waals surface area contributed by atoms with Crippen LogP contribution in [0.4, 0.5) is 5.69 Å². The molecule has 4 rings (SSSR count). The van der Waals surface area contributed by atoms with Crippen LogP contribution in [0.2, 0.25) is 0 Å². The largest absolute Gasteiger partial charge is 0.496 e. The van der Waals surface area contributed by atoms with Gasteiger partial charge in [-0.25, -0.2) is 13.4 Å². The van der Waals surface area contributed by atoms with E-state index >= 15 is 0 Å². The molecule has 0 atom stereocenters. The Morgan fingerprint density at radius 1 is 1.11 bits per heavy atom. The van der Waals surface area contributed by atoms with Gasteiger partial charge in [-0.05, 0) is 64.8 Å². The van der Waals surface area contributed by atoms with Crippen molar-refractivity contribution in [3.63, 3.8) is 0 Å². The molecule has 0 spiro atoms. The number of imidazole rings is 1. The SMILES string of the molecule is COc1ccc(S(=O)(=O)N(CC(=O)NCc2ccccc2-n2ccnc2)c2ccc(C)cc2)cc1Br. The molecule has 186 valence electrons. The molecule has 4 aromatic rings. The van der Waals surface area contributed by atoms with Crippen LogP contribution in [0.3, 0.4) is 0 Å². The number of nitrogens with zero attached hydrogens (tertiary/aromatic N) is 3. The number of carbonyl (C=O) groups excluding carboxylic acids is 1. The molecule has 1 amide bonds. The van der Waals surface area contributed by atoms with Gasteiger partial charge in [0.2, 0.25) is 5.91 Å². The smallest absolute Gasteiger partial charge is 0.264 e. The number of anilines is 1. The van der Waals surface area contributed by atoms with Crippen LogP contribution in [0.15, 0.2) is 94.8 Å².